The molecule has 1 unspecified atom stereocenters. The van der Waals surface area contributed by atoms with Gasteiger partial charge in [0.15, 0.2) is 0 Å². The number of halogens is 1. The van der Waals surface area contributed by atoms with Crippen molar-refractivity contribution in [2.24, 2.45) is 5.41 Å². The number of aromatic nitrogens is 1. The molecule has 2 fully saturated rings. The van der Waals surface area contributed by atoms with Gasteiger partial charge in [-0.2, -0.15) is 0 Å². The molecule has 0 N–H and O–H groups in total. The SMILES string of the molecule is C=C(c1ccc(C(C)(C)F)cc1)c1c(C(C)C)nc2c(c1C1CCCCC1)C(C)CC1(CCC1)C2. The Kier molecular flexibility index (Phi) is 6.47. The predicted molar refractivity (Wildman–Crippen MR) is 146 cm³/mol. The van der Waals surface area contributed by atoms with Gasteiger partial charge in [0.2, 0.25) is 0 Å². The third-order valence-corrected chi connectivity index (χ3v) is 9.35. The highest BCUT2D eigenvalue weighted by atomic mass is 19.1. The second-order valence-corrected chi connectivity index (χ2v) is 12.8. The van der Waals surface area contributed by atoms with E-state index in [1.165, 1.54) is 81.2 Å². The lowest BCUT2D eigenvalue weighted by molar-refractivity contribution is 0.0975. The average molecular weight is 474 g/mol. The smallest absolute Gasteiger partial charge is 0.130 e. The molecule has 5 rings (SSSR count). The van der Waals surface area contributed by atoms with Crippen LogP contribution in [0, 0.1) is 5.41 Å². The summed E-state index contributed by atoms with van der Waals surface area (Å²) < 4.78 is 14.5. The van der Waals surface area contributed by atoms with Crippen molar-refractivity contribution in [3.63, 3.8) is 0 Å². The minimum atomic E-state index is -1.34. The number of hydrogen-bond acceptors (Lipinski definition) is 1. The number of benzene rings is 1. The van der Waals surface area contributed by atoms with Crippen molar-refractivity contribution < 1.29 is 4.39 Å². The van der Waals surface area contributed by atoms with Crippen molar-refractivity contribution in [2.75, 3.05) is 0 Å². The largest absolute Gasteiger partial charge is 0.257 e. The highest BCUT2D eigenvalue weighted by Crippen LogP contribution is 2.56. The molecule has 0 aliphatic heterocycles. The van der Waals surface area contributed by atoms with Crippen LogP contribution in [0.3, 0.4) is 0 Å². The van der Waals surface area contributed by atoms with Crippen molar-refractivity contribution >= 4 is 5.57 Å². The molecule has 1 spiro atoms. The first-order valence-electron chi connectivity index (χ1n) is 14.2. The van der Waals surface area contributed by atoms with E-state index in [0.717, 1.165) is 11.1 Å². The number of rotatable bonds is 5. The van der Waals surface area contributed by atoms with Crippen LogP contribution in [0.25, 0.3) is 5.57 Å². The quantitative estimate of drug-likeness (QED) is 0.421. The predicted octanol–water partition coefficient (Wildman–Crippen LogP) is 9.74. The summed E-state index contributed by atoms with van der Waals surface area (Å²) in [5.74, 6) is 1.51. The Hall–Kier alpha value is -1.96. The van der Waals surface area contributed by atoms with Crippen molar-refractivity contribution in [1.29, 1.82) is 0 Å². The number of pyridine rings is 1. The van der Waals surface area contributed by atoms with Gasteiger partial charge >= 0.3 is 0 Å². The fraction of sp³-hybridized carbons (Fsp3) is 0.606. The van der Waals surface area contributed by atoms with Crippen LogP contribution < -0.4 is 0 Å². The molecule has 2 heteroatoms. The van der Waals surface area contributed by atoms with Gasteiger partial charge in [0.25, 0.3) is 0 Å². The van der Waals surface area contributed by atoms with Crippen LogP contribution >= 0.6 is 0 Å². The molecule has 1 aromatic heterocycles. The number of hydrogen-bond donors (Lipinski definition) is 0. The molecule has 0 bridgehead atoms. The van der Waals surface area contributed by atoms with Crippen LogP contribution in [0.1, 0.15) is 149 Å². The molecule has 1 aromatic carbocycles. The summed E-state index contributed by atoms with van der Waals surface area (Å²) in [5, 5.41) is 0. The van der Waals surface area contributed by atoms with Crippen molar-refractivity contribution in [1.82, 2.24) is 4.98 Å². The molecule has 2 aromatic rings. The molecule has 3 aliphatic rings. The van der Waals surface area contributed by atoms with Crippen molar-refractivity contribution in [3.8, 4) is 0 Å². The highest BCUT2D eigenvalue weighted by Gasteiger charge is 2.45. The Balaban J connectivity index is 1.68. The Bertz CT molecular complexity index is 1090. The van der Waals surface area contributed by atoms with E-state index in [0.29, 0.717) is 28.7 Å². The molecule has 0 saturated heterocycles. The molecule has 1 heterocycles. The molecule has 2 saturated carbocycles. The monoisotopic (exact) mass is 473 g/mol. The Morgan fingerprint density at radius 2 is 1.69 bits per heavy atom. The first kappa shape index (κ1) is 24.7. The summed E-state index contributed by atoms with van der Waals surface area (Å²) >= 11 is 0. The third kappa shape index (κ3) is 4.51. The van der Waals surface area contributed by atoms with Crippen LogP contribution in [-0.2, 0) is 12.1 Å². The van der Waals surface area contributed by atoms with Gasteiger partial charge in [-0.1, -0.05) is 77.3 Å². The molecule has 0 amide bonds. The van der Waals surface area contributed by atoms with Gasteiger partial charge in [-0.05, 0) is 103 Å². The minimum Gasteiger partial charge on any atom is -0.257 e. The zero-order chi connectivity index (χ0) is 25.0. The molecular formula is C33H44FN. The second kappa shape index (κ2) is 9.16. The maximum atomic E-state index is 14.5. The Morgan fingerprint density at radius 3 is 2.23 bits per heavy atom. The number of nitrogens with zero attached hydrogens (tertiary/aromatic N) is 1. The van der Waals surface area contributed by atoms with Gasteiger partial charge < -0.3 is 0 Å². The summed E-state index contributed by atoms with van der Waals surface area (Å²) in [6.45, 7) is 15.0. The van der Waals surface area contributed by atoms with Crippen molar-refractivity contribution in [2.45, 2.75) is 122 Å². The van der Waals surface area contributed by atoms with Crippen molar-refractivity contribution in [3.05, 3.63) is 70.0 Å². The second-order valence-electron chi connectivity index (χ2n) is 12.8. The zero-order valence-corrected chi connectivity index (χ0v) is 22.6. The summed E-state index contributed by atoms with van der Waals surface area (Å²) in [7, 11) is 0. The summed E-state index contributed by atoms with van der Waals surface area (Å²) in [5.41, 5.74) is 9.15. The van der Waals surface area contributed by atoms with E-state index in [1.807, 2.05) is 12.1 Å². The Morgan fingerprint density at radius 1 is 1.03 bits per heavy atom. The molecule has 0 radical (unpaired) electrons. The van der Waals surface area contributed by atoms with Gasteiger partial charge in [-0.25, -0.2) is 4.39 Å². The third-order valence-electron chi connectivity index (χ3n) is 9.35. The van der Waals surface area contributed by atoms with Crippen LogP contribution in [0.15, 0.2) is 30.8 Å². The zero-order valence-electron chi connectivity index (χ0n) is 22.6. The van der Waals surface area contributed by atoms with E-state index in [4.69, 9.17) is 4.98 Å². The molecule has 3 aliphatic carbocycles. The average Bonchev–Trinajstić information content (AvgIpc) is 2.81. The van der Waals surface area contributed by atoms with Gasteiger partial charge in [-0.3, -0.25) is 4.98 Å². The number of alkyl halides is 1. The summed E-state index contributed by atoms with van der Waals surface area (Å²) in [6.07, 6.45) is 13.2. The lowest BCUT2D eigenvalue weighted by Gasteiger charge is -2.48. The molecule has 35 heavy (non-hydrogen) atoms. The molecule has 188 valence electrons. The summed E-state index contributed by atoms with van der Waals surface area (Å²) in [4.78, 5) is 5.48. The normalized spacial score (nSPS) is 22.2. The molecule has 1 nitrogen and oxygen atoms in total. The highest BCUT2D eigenvalue weighted by molar-refractivity contribution is 5.82. The summed E-state index contributed by atoms with van der Waals surface area (Å²) in [6, 6.07) is 8.01. The standard InChI is InChI=1S/C33H44FN/c1-21(2)31-29(23(4)24-13-15-26(16-14-24)32(5,6)34)30(25-11-8-7-9-12-25)28-22(3)19-33(17-10-18-33)20-27(28)35-31/h13-16,21-22,25H,4,7-12,17-20H2,1-3,5-6H3. The fourth-order valence-electron chi connectivity index (χ4n) is 7.37. The van der Waals surface area contributed by atoms with E-state index >= 15 is 0 Å². The maximum absolute atomic E-state index is 14.5. The van der Waals surface area contributed by atoms with Gasteiger partial charge in [-0.15, -0.1) is 0 Å². The van der Waals surface area contributed by atoms with Crippen LogP contribution in [0.5, 0.6) is 0 Å². The van der Waals surface area contributed by atoms with E-state index in [2.05, 4.69) is 39.5 Å². The minimum absolute atomic E-state index is 0.341. The van der Waals surface area contributed by atoms with E-state index in [-0.39, 0.29) is 0 Å². The fourth-order valence-corrected chi connectivity index (χ4v) is 7.37. The molecular weight excluding hydrogens is 429 g/mol. The topological polar surface area (TPSA) is 12.9 Å². The maximum Gasteiger partial charge on any atom is 0.130 e. The molecule has 1 atom stereocenters. The first-order valence-corrected chi connectivity index (χ1v) is 14.2. The van der Waals surface area contributed by atoms with Gasteiger partial charge in [0.05, 0.1) is 5.69 Å². The van der Waals surface area contributed by atoms with Gasteiger partial charge in [0.1, 0.15) is 5.67 Å². The van der Waals surface area contributed by atoms with Crippen LogP contribution in [0.2, 0.25) is 0 Å². The van der Waals surface area contributed by atoms with Crippen LogP contribution in [0.4, 0.5) is 4.39 Å². The number of fused-ring (bicyclic) bond motifs is 1. The lowest BCUT2D eigenvalue weighted by atomic mass is 9.57. The first-order chi connectivity index (χ1) is 16.6. The Labute approximate surface area is 212 Å². The van der Waals surface area contributed by atoms with Gasteiger partial charge in [0, 0.05) is 11.3 Å². The lowest BCUT2D eigenvalue weighted by Crippen LogP contribution is -2.38. The van der Waals surface area contributed by atoms with Crippen LogP contribution in [-0.4, -0.2) is 4.98 Å². The van der Waals surface area contributed by atoms with E-state index in [1.54, 1.807) is 25.0 Å². The van der Waals surface area contributed by atoms with E-state index < -0.39 is 5.67 Å². The van der Waals surface area contributed by atoms with E-state index in [9.17, 15) is 4.39 Å².